The second-order valence-electron chi connectivity index (χ2n) is 5.90. The van der Waals surface area contributed by atoms with Crippen LogP contribution < -0.4 is 5.32 Å². The van der Waals surface area contributed by atoms with Gasteiger partial charge in [0.1, 0.15) is 0 Å². The van der Waals surface area contributed by atoms with E-state index in [1.165, 1.54) is 7.11 Å². The van der Waals surface area contributed by atoms with Gasteiger partial charge in [0.25, 0.3) is 5.91 Å². The summed E-state index contributed by atoms with van der Waals surface area (Å²) >= 11 is 0. The van der Waals surface area contributed by atoms with E-state index in [4.69, 9.17) is 0 Å². The van der Waals surface area contributed by atoms with Gasteiger partial charge in [-0.05, 0) is 19.9 Å². The minimum Gasteiger partial charge on any atom is -0.469 e. The molecule has 0 saturated heterocycles. The predicted octanol–water partition coefficient (Wildman–Crippen LogP) is 2.91. The zero-order valence-electron chi connectivity index (χ0n) is 14.5. The molecule has 0 radical (unpaired) electrons. The van der Waals surface area contributed by atoms with Gasteiger partial charge in [0.05, 0.1) is 19.1 Å². The standard InChI is InChI=1S/C20H21NO4/c1-13-8-10-15(11-9-13)19(23)16-6-4-5-7-17(16)20(24)21-14(2)12-18(22)25-3/h4-11,14H,12H2,1-3H3,(H,21,24). The number of esters is 1. The van der Waals surface area contributed by atoms with Crippen LogP contribution in [0.2, 0.25) is 0 Å². The van der Waals surface area contributed by atoms with Crippen LogP contribution in [0, 0.1) is 6.92 Å². The lowest BCUT2D eigenvalue weighted by molar-refractivity contribution is -0.141. The molecular weight excluding hydrogens is 318 g/mol. The van der Waals surface area contributed by atoms with Crippen LogP contribution in [0.25, 0.3) is 0 Å². The van der Waals surface area contributed by atoms with Gasteiger partial charge < -0.3 is 10.1 Å². The van der Waals surface area contributed by atoms with E-state index in [2.05, 4.69) is 10.1 Å². The molecule has 1 unspecified atom stereocenters. The smallest absolute Gasteiger partial charge is 0.307 e. The van der Waals surface area contributed by atoms with Crippen LogP contribution in [0.15, 0.2) is 48.5 Å². The molecule has 0 saturated carbocycles. The van der Waals surface area contributed by atoms with Crippen molar-refractivity contribution in [2.75, 3.05) is 7.11 Å². The number of hydrogen-bond acceptors (Lipinski definition) is 4. The number of amides is 1. The summed E-state index contributed by atoms with van der Waals surface area (Å²) in [5, 5.41) is 2.73. The molecule has 0 aliphatic heterocycles. The van der Waals surface area contributed by atoms with Gasteiger partial charge in [-0.3, -0.25) is 14.4 Å². The molecule has 0 spiro atoms. The molecule has 25 heavy (non-hydrogen) atoms. The Morgan fingerprint density at radius 3 is 2.20 bits per heavy atom. The zero-order valence-corrected chi connectivity index (χ0v) is 14.5. The molecule has 2 rings (SSSR count). The maximum absolute atomic E-state index is 12.7. The van der Waals surface area contributed by atoms with Crippen LogP contribution in [-0.2, 0) is 9.53 Å². The molecule has 5 heteroatoms. The van der Waals surface area contributed by atoms with Crippen LogP contribution >= 0.6 is 0 Å². The summed E-state index contributed by atoms with van der Waals surface area (Å²) in [5.74, 6) is -1.02. The summed E-state index contributed by atoms with van der Waals surface area (Å²) in [6.45, 7) is 3.65. The number of ether oxygens (including phenoxy) is 1. The van der Waals surface area contributed by atoms with Crippen LogP contribution in [-0.4, -0.2) is 30.8 Å². The fourth-order valence-corrected chi connectivity index (χ4v) is 2.43. The Balaban J connectivity index is 2.22. The molecule has 2 aromatic rings. The van der Waals surface area contributed by atoms with E-state index in [9.17, 15) is 14.4 Å². The van der Waals surface area contributed by atoms with Crippen molar-refractivity contribution in [1.82, 2.24) is 5.32 Å². The number of rotatable bonds is 6. The number of ketones is 1. The number of carbonyl (C=O) groups excluding carboxylic acids is 3. The highest BCUT2D eigenvalue weighted by molar-refractivity contribution is 6.15. The normalized spacial score (nSPS) is 11.5. The highest BCUT2D eigenvalue weighted by atomic mass is 16.5. The molecule has 2 aromatic carbocycles. The number of nitrogens with one attached hydrogen (secondary N) is 1. The fraction of sp³-hybridized carbons (Fsp3) is 0.250. The van der Waals surface area contributed by atoms with Gasteiger partial charge >= 0.3 is 5.97 Å². The second kappa shape index (κ2) is 8.24. The molecule has 0 heterocycles. The Bertz CT molecular complexity index is 781. The van der Waals surface area contributed by atoms with Crippen LogP contribution in [0.3, 0.4) is 0 Å². The summed E-state index contributed by atoms with van der Waals surface area (Å²) in [7, 11) is 1.30. The van der Waals surface area contributed by atoms with Crippen molar-refractivity contribution >= 4 is 17.7 Å². The zero-order chi connectivity index (χ0) is 18.4. The van der Waals surface area contributed by atoms with E-state index < -0.39 is 17.9 Å². The molecule has 0 aliphatic rings. The minimum atomic E-state index is -0.406. The van der Waals surface area contributed by atoms with E-state index in [0.29, 0.717) is 11.1 Å². The molecule has 0 aromatic heterocycles. The first-order chi connectivity index (χ1) is 11.9. The number of carbonyl (C=O) groups is 3. The third-order valence-electron chi connectivity index (χ3n) is 3.81. The fourth-order valence-electron chi connectivity index (χ4n) is 2.43. The van der Waals surface area contributed by atoms with Crippen LogP contribution in [0.5, 0.6) is 0 Å². The lowest BCUT2D eigenvalue weighted by atomic mass is 9.97. The molecule has 1 amide bonds. The quantitative estimate of drug-likeness (QED) is 0.649. The first kappa shape index (κ1) is 18.4. The van der Waals surface area contributed by atoms with Gasteiger partial charge in [0, 0.05) is 17.2 Å². The van der Waals surface area contributed by atoms with Crippen molar-refractivity contribution in [3.8, 4) is 0 Å². The Morgan fingerprint density at radius 1 is 1.00 bits per heavy atom. The molecule has 0 aliphatic carbocycles. The van der Waals surface area contributed by atoms with Gasteiger partial charge in [-0.2, -0.15) is 0 Å². The highest BCUT2D eigenvalue weighted by Gasteiger charge is 2.20. The molecular formula is C20H21NO4. The van der Waals surface area contributed by atoms with Crippen molar-refractivity contribution < 1.29 is 19.1 Å². The van der Waals surface area contributed by atoms with Crippen molar-refractivity contribution in [3.05, 3.63) is 70.8 Å². The first-order valence-electron chi connectivity index (χ1n) is 8.00. The third kappa shape index (κ3) is 4.76. The van der Waals surface area contributed by atoms with E-state index in [0.717, 1.165) is 5.56 Å². The van der Waals surface area contributed by atoms with E-state index >= 15 is 0 Å². The summed E-state index contributed by atoms with van der Waals surface area (Å²) < 4.78 is 4.59. The van der Waals surface area contributed by atoms with E-state index in [1.807, 2.05) is 19.1 Å². The van der Waals surface area contributed by atoms with Crippen LogP contribution in [0.1, 0.15) is 45.2 Å². The first-order valence-corrected chi connectivity index (χ1v) is 8.00. The lowest BCUT2D eigenvalue weighted by Crippen LogP contribution is -2.35. The summed E-state index contributed by atoms with van der Waals surface area (Å²) in [6.07, 6.45) is 0.0658. The molecule has 1 atom stereocenters. The average molecular weight is 339 g/mol. The molecule has 5 nitrogen and oxygen atoms in total. The number of hydrogen-bond donors (Lipinski definition) is 1. The van der Waals surface area contributed by atoms with Crippen LogP contribution in [0.4, 0.5) is 0 Å². The largest absolute Gasteiger partial charge is 0.469 e. The van der Waals surface area contributed by atoms with E-state index in [-0.39, 0.29) is 17.8 Å². The average Bonchev–Trinajstić information content (AvgIpc) is 2.61. The number of aryl methyl sites for hydroxylation is 1. The lowest BCUT2D eigenvalue weighted by Gasteiger charge is -2.14. The molecule has 130 valence electrons. The minimum absolute atomic E-state index is 0.0658. The van der Waals surface area contributed by atoms with Crippen molar-refractivity contribution in [1.29, 1.82) is 0 Å². The maximum atomic E-state index is 12.7. The number of benzene rings is 2. The summed E-state index contributed by atoms with van der Waals surface area (Å²) in [5.41, 5.74) is 2.19. The van der Waals surface area contributed by atoms with Crippen molar-refractivity contribution in [3.63, 3.8) is 0 Å². The van der Waals surface area contributed by atoms with Gasteiger partial charge in [0.15, 0.2) is 5.78 Å². The Morgan fingerprint density at radius 2 is 1.60 bits per heavy atom. The predicted molar refractivity (Wildman–Crippen MR) is 94.6 cm³/mol. The molecule has 0 fully saturated rings. The molecule has 0 bridgehead atoms. The Labute approximate surface area is 147 Å². The number of methoxy groups -OCH3 is 1. The van der Waals surface area contributed by atoms with E-state index in [1.54, 1.807) is 43.3 Å². The van der Waals surface area contributed by atoms with Gasteiger partial charge in [-0.25, -0.2) is 0 Å². The monoisotopic (exact) mass is 339 g/mol. The van der Waals surface area contributed by atoms with Gasteiger partial charge in [-0.15, -0.1) is 0 Å². The highest BCUT2D eigenvalue weighted by Crippen LogP contribution is 2.16. The summed E-state index contributed by atoms with van der Waals surface area (Å²) in [4.78, 5) is 36.6. The summed E-state index contributed by atoms with van der Waals surface area (Å²) in [6, 6.07) is 13.4. The SMILES string of the molecule is COC(=O)CC(C)NC(=O)c1ccccc1C(=O)c1ccc(C)cc1. The van der Waals surface area contributed by atoms with Gasteiger partial charge in [0.2, 0.25) is 0 Å². The van der Waals surface area contributed by atoms with Crippen molar-refractivity contribution in [2.24, 2.45) is 0 Å². The second-order valence-corrected chi connectivity index (χ2v) is 5.90. The van der Waals surface area contributed by atoms with Gasteiger partial charge in [-0.1, -0.05) is 48.0 Å². The third-order valence-corrected chi connectivity index (χ3v) is 3.81. The topological polar surface area (TPSA) is 72.5 Å². The maximum Gasteiger partial charge on any atom is 0.307 e. The molecule has 1 N–H and O–H groups in total. The van der Waals surface area contributed by atoms with Crippen molar-refractivity contribution in [2.45, 2.75) is 26.3 Å². The Hall–Kier alpha value is -2.95. The Kier molecular flexibility index (Phi) is 6.06.